The molecule has 4 nitrogen and oxygen atoms in total. The molecule has 1 aliphatic rings. The molecule has 80 valence electrons. The summed E-state index contributed by atoms with van der Waals surface area (Å²) in [5, 5.41) is 17.7. The van der Waals surface area contributed by atoms with Crippen molar-refractivity contribution in [2.45, 2.75) is 33.1 Å². The predicted molar refractivity (Wildman–Crippen MR) is 49.9 cm³/mol. The fourth-order valence-electron chi connectivity index (χ4n) is 2.20. The second-order valence-electron chi connectivity index (χ2n) is 4.60. The van der Waals surface area contributed by atoms with Crippen molar-refractivity contribution in [2.24, 2.45) is 17.3 Å². The van der Waals surface area contributed by atoms with Gasteiger partial charge in [-0.2, -0.15) is 0 Å². The fourth-order valence-corrected chi connectivity index (χ4v) is 2.20. The number of hydrogen-bond acceptors (Lipinski definition) is 2. The van der Waals surface area contributed by atoms with Crippen molar-refractivity contribution in [1.29, 1.82) is 0 Å². The zero-order chi connectivity index (χ0) is 10.9. The predicted octanol–water partition coefficient (Wildman–Crippen LogP) is 1.60. The summed E-state index contributed by atoms with van der Waals surface area (Å²) < 4.78 is 0. The molecule has 0 radical (unpaired) electrons. The molecule has 0 unspecified atom stereocenters. The molecule has 0 heterocycles. The Morgan fingerprint density at radius 3 is 2.00 bits per heavy atom. The van der Waals surface area contributed by atoms with Gasteiger partial charge >= 0.3 is 11.9 Å². The first kappa shape index (κ1) is 11.0. The van der Waals surface area contributed by atoms with Crippen molar-refractivity contribution in [3.63, 3.8) is 0 Å². The van der Waals surface area contributed by atoms with Crippen molar-refractivity contribution in [1.82, 2.24) is 0 Å². The van der Waals surface area contributed by atoms with Gasteiger partial charge in [0, 0.05) is 0 Å². The Kier molecular flexibility index (Phi) is 2.83. The van der Waals surface area contributed by atoms with E-state index in [2.05, 4.69) is 13.8 Å². The molecule has 0 aliphatic heterocycles. The summed E-state index contributed by atoms with van der Waals surface area (Å²) in [6, 6.07) is 0. The minimum absolute atomic E-state index is 0.266. The number of aliphatic carboxylic acids is 2. The second kappa shape index (κ2) is 3.59. The minimum Gasteiger partial charge on any atom is -0.480 e. The lowest BCUT2D eigenvalue weighted by Crippen LogP contribution is -2.50. The highest BCUT2D eigenvalue weighted by molar-refractivity contribution is 5.99. The van der Waals surface area contributed by atoms with E-state index >= 15 is 0 Å². The summed E-state index contributed by atoms with van der Waals surface area (Å²) in [5.41, 5.74) is -1.49. The monoisotopic (exact) mass is 200 g/mol. The topological polar surface area (TPSA) is 74.6 Å². The molecule has 0 atom stereocenters. The van der Waals surface area contributed by atoms with Gasteiger partial charge in [0.25, 0.3) is 0 Å². The van der Waals surface area contributed by atoms with Crippen molar-refractivity contribution in [2.75, 3.05) is 0 Å². The zero-order valence-corrected chi connectivity index (χ0v) is 8.49. The van der Waals surface area contributed by atoms with Crippen molar-refractivity contribution in [3.05, 3.63) is 0 Å². The lowest BCUT2D eigenvalue weighted by molar-refractivity contribution is -0.176. The molecule has 14 heavy (non-hydrogen) atoms. The summed E-state index contributed by atoms with van der Waals surface area (Å²) >= 11 is 0. The molecule has 0 bridgehead atoms. The van der Waals surface area contributed by atoms with Crippen LogP contribution in [0.25, 0.3) is 0 Å². The highest BCUT2D eigenvalue weighted by Crippen LogP contribution is 2.48. The summed E-state index contributed by atoms with van der Waals surface area (Å²) in [7, 11) is 0. The molecular weight excluding hydrogens is 184 g/mol. The third-order valence-electron chi connectivity index (χ3n) is 2.90. The molecule has 2 N–H and O–H groups in total. The maximum atomic E-state index is 10.8. The number of carbonyl (C=O) groups is 2. The first-order valence-electron chi connectivity index (χ1n) is 4.85. The number of rotatable bonds is 4. The molecule has 0 aromatic rings. The van der Waals surface area contributed by atoms with Gasteiger partial charge in [-0.25, -0.2) is 0 Å². The highest BCUT2D eigenvalue weighted by atomic mass is 16.4. The Hall–Kier alpha value is -1.06. The van der Waals surface area contributed by atoms with Gasteiger partial charge in [0.1, 0.15) is 0 Å². The molecule has 0 spiro atoms. The van der Waals surface area contributed by atoms with Gasteiger partial charge in [0.05, 0.1) is 0 Å². The van der Waals surface area contributed by atoms with Gasteiger partial charge in [-0.15, -0.1) is 0 Å². The maximum Gasteiger partial charge on any atom is 0.321 e. The van der Waals surface area contributed by atoms with Crippen molar-refractivity contribution < 1.29 is 19.8 Å². The van der Waals surface area contributed by atoms with E-state index in [0.717, 1.165) is 6.42 Å². The van der Waals surface area contributed by atoms with Gasteiger partial charge in [-0.1, -0.05) is 13.8 Å². The van der Waals surface area contributed by atoms with Crippen LogP contribution in [0.15, 0.2) is 0 Å². The molecule has 1 rings (SSSR count). The van der Waals surface area contributed by atoms with Gasteiger partial charge in [-0.3, -0.25) is 9.59 Å². The van der Waals surface area contributed by atoms with E-state index in [9.17, 15) is 9.59 Å². The quantitative estimate of drug-likeness (QED) is 0.676. The molecule has 1 saturated carbocycles. The van der Waals surface area contributed by atoms with Gasteiger partial charge in [-0.05, 0) is 31.1 Å². The first-order valence-corrected chi connectivity index (χ1v) is 4.85. The van der Waals surface area contributed by atoms with E-state index < -0.39 is 17.4 Å². The Morgan fingerprint density at radius 1 is 1.29 bits per heavy atom. The van der Waals surface area contributed by atoms with Crippen LogP contribution in [-0.4, -0.2) is 22.2 Å². The van der Waals surface area contributed by atoms with Crippen LogP contribution in [0, 0.1) is 17.3 Å². The minimum atomic E-state index is -1.49. The van der Waals surface area contributed by atoms with Crippen molar-refractivity contribution in [3.8, 4) is 0 Å². The summed E-state index contributed by atoms with van der Waals surface area (Å²) in [6.45, 7) is 4.11. The van der Waals surface area contributed by atoms with Crippen LogP contribution in [0.4, 0.5) is 0 Å². The lowest BCUT2D eigenvalue weighted by Gasteiger charge is -2.41. The summed E-state index contributed by atoms with van der Waals surface area (Å²) in [6.07, 6.45) is 1.49. The Balaban J connectivity index is 2.56. The van der Waals surface area contributed by atoms with Crippen LogP contribution >= 0.6 is 0 Å². The zero-order valence-electron chi connectivity index (χ0n) is 8.49. The smallest absolute Gasteiger partial charge is 0.321 e. The Morgan fingerprint density at radius 2 is 1.71 bits per heavy atom. The standard InChI is InChI=1S/C10H16O4/c1-6(2)3-7-4-10(5-7,8(11)12)9(13)14/h6-7H,3-5H2,1-2H3,(H,11,12)(H,13,14). The molecule has 0 aromatic carbocycles. The molecule has 1 fully saturated rings. The fraction of sp³-hybridized carbons (Fsp3) is 0.800. The average Bonchev–Trinajstić information content (AvgIpc) is 1.93. The third-order valence-corrected chi connectivity index (χ3v) is 2.90. The number of carboxylic acid groups (broad SMARTS) is 2. The third kappa shape index (κ3) is 1.74. The molecule has 0 aromatic heterocycles. The maximum absolute atomic E-state index is 10.8. The van der Waals surface area contributed by atoms with Crippen molar-refractivity contribution >= 4 is 11.9 Å². The first-order chi connectivity index (χ1) is 6.38. The van der Waals surface area contributed by atoms with Crippen LogP contribution in [-0.2, 0) is 9.59 Å². The van der Waals surface area contributed by atoms with E-state index in [1.807, 2.05) is 0 Å². The second-order valence-corrected chi connectivity index (χ2v) is 4.60. The largest absolute Gasteiger partial charge is 0.480 e. The van der Waals surface area contributed by atoms with Crippen LogP contribution in [0.1, 0.15) is 33.1 Å². The number of hydrogen-bond donors (Lipinski definition) is 2. The molecule has 0 amide bonds. The average molecular weight is 200 g/mol. The normalized spacial score (nSPS) is 20.5. The van der Waals surface area contributed by atoms with Gasteiger partial charge in [0.2, 0.25) is 0 Å². The van der Waals surface area contributed by atoms with Gasteiger partial charge < -0.3 is 10.2 Å². The van der Waals surface area contributed by atoms with Gasteiger partial charge in [0.15, 0.2) is 5.41 Å². The molecule has 0 saturated heterocycles. The Labute approximate surface area is 82.9 Å². The molecule has 1 aliphatic carbocycles. The summed E-state index contributed by atoms with van der Waals surface area (Å²) in [4.78, 5) is 21.6. The highest BCUT2D eigenvalue weighted by Gasteiger charge is 2.56. The van der Waals surface area contributed by atoms with E-state index in [0.29, 0.717) is 5.92 Å². The summed E-state index contributed by atoms with van der Waals surface area (Å²) in [5.74, 6) is -1.61. The molecule has 4 heteroatoms. The van der Waals surface area contributed by atoms with E-state index in [1.165, 1.54) is 0 Å². The van der Waals surface area contributed by atoms with E-state index in [-0.39, 0.29) is 18.8 Å². The van der Waals surface area contributed by atoms with Crippen LogP contribution in [0.5, 0.6) is 0 Å². The molecular formula is C10H16O4. The van der Waals surface area contributed by atoms with Crippen LogP contribution in [0.3, 0.4) is 0 Å². The Bertz CT molecular complexity index is 235. The number of carboxylic acids is 2. The van der Waals surface area contributed by atoms with E-state index in [4.69, 9.17) is 10.2 Å². The SMILES string of the molecule is CC(C)CC1CC(C(=O)O)(C(=O)O)C1. The van der Waals surface area contributed by atoms with Crippen LogP contribution < -0.4 is 0 Å². The van der Waals surface area contributed by atoms with Crippen LogP contribution in [0.2, 0.25) is 0 Å². The van der Waals surface area contributed by atoms with E-state index in [1.54, 1.807) is 0 Å². The lowest BCUT2D eigenvalue weighted by atomic mass is 9.60.